The summed E-state index contributed by atoms with van der Waals surface area (Å²) in [6.45, 7) is 12.2. The average molecular weight is 585 g/mol. The smallest absolute Gasteiger partial charge is 0.312 e. The van der Waals surface area contributed by atoms with Crippen LogP contribution >= 0.6 is 15.9 Å². The lowest BCUT2D eigenvalue weighted by atomic mass is 9.70. The van der Waals surface area contributed by atoms with E-state index in [4.69, 9.17) is 14.2 Å². The summed E-state index contributed by atoms with van der Waals surface area (Å²) in [6, 6.07) is -0.891. The van der Waals surface area contributed by atoms with Gasteiger partial charge < -0.3 is 29.1 Å². The first-order valence-electron chi connectivity index (χ1n) is 13.1. The van der Waals surface area contributed by atoms with E-state index in [-0.39, 0.29) is 36.4 Å². The van der Waals surface area contributed by atoms with E-state index >= 15 is 0 Å². The van der Waals surface area contributed by atoms with Gasteiger partial charge in [0.15, 0.2) is 0 Å². The highest BCUT2D eigenvalue weighted by Gasteiger charge is 2.77. The Kier molecular flexibility index (Phi) is 9.44. The van der Waals surface area contributed by atoms with Gasteiger partial charge in [-0.1, -0.05) is 28.1 Å². The van der Waals surface area contributed by atoms with Crippen molar-refractivity contribution in [3.05, 3.63) is 25.3 Å². The maximum atomic E-state index is 14.2. The van der Waals surface area contributed by atoms with Gasteiger partial charge in [0.1, 0.15) is 11.6 Å². The van der Waals surface area contributed by atoms with Gasteiger partial charge in [0.25, 0.3) is 0 Å². The van der Waals surface area contributed by atoms with Gasteiger partial charge in [0, 0.05) is 50.7 Å². The third-order valence-electron chi connectivity index (χ3n) is 7.87. The predicted molar refractivity (Wildman–Crippen MR) is 139 cm³/mol. The molecule has 1 N–H and O–H groups in total. The minimum absolute atomic E-state index is 0.118. The maximum Gasteiger partial charge on any atom is 0.312 e. The number of amides is 2. The minimum Gasteiger partial charge on any atom is -0.465 e. The van der Waals surface area contributed by atoms with E-state index in [1.165, 1.54) is 4.90 Å². The number of alkyl halides is 1. The Balaban J connectivity index is 1.61. The van der Waals surface area contributed by atoms with Crippen LogP contribution < -0.4 is 0 Å². The Morgan fingerprint density at radius 1 is 1.24 bits per heavy atom. The molecule has 4 saturated heterocycles. The van der Waals surface area contributed by atoms with Crippen molar-refractivity contribution in [3.8, 4) is 0 Å². The van der Waals surface area contributed by atoms with Crippen LogP contribution in [-0.4, -0.2) is 126 Å². The zero-order chi connectivity index (χ0) is 26.6. The van der Waals surface area contributed by atoms with Crippen LogP contribution in [0.15, 0.2) is 25.3 Å². The van der Waals surface area contributed by atoms with Crippen molar-refractivity contribution >= 4 is 33.7 Å². The van der Waals surface area contributed by atoms with Crippen LogP contribution in [0, 0.1) is 11.8 Å². The number of carbonyl (C=O) groups excluding carboxylic acids is 3. The van der Waals surface area contributed by atoms with Gasteiger partial charge >= 0.3 is 5.97 Å². The molecule has 10 nitrogen and oxygen atoms in total. The topological polar surface area (TPSA) is 109 Å². The van der Waals surface area contributed by atoms with Crippen molar-refractivity contribution in [2.45, 2.75) is 41.8 Å². The number of hydrogen-bond donors (Lipinski definition) is 1. The summed E-state index contributed by atoms with van der Waals surface area (Å²) in [5, 5.41) is 9.51. The summed E-state index contributed by atoms with van der Waals surface area (Å²) in [5.41, 5.74) is -1.14. The molecule has 0 radical (unpaired) electrons. The molecule has 11 heteroatoms. The quantitative estimate of drug-likeness (QED) is 0.145. The number of aliphatic hydroxyl groups excluding tert-OH is 1. The average Bonchev–Trinajstić information content (AvgIpc) is 3.49. The summed E-state index contributed by atoms with van der Waals surface area (Å²) >= 11 is 3.66. The summed E-state index contributed by atoms with van der Waals surface area (Å²) in [6.07, 6.45) is 4.05. The van der Waals surface area contributed by atoms with E-state index in [0.29, 0.717) is 52.1 Å². The number of aliphatic hydroxyl groups is 1. The number of ether oxygens (including phenoxy) is 3. The van der Waals surface area contributed by atoms with Crippen LogP contribution in [0.1, 0.15) is 19.3 Å². The second kappa shape index (κ2) is 12.4. The fourth-order valence-electron chi connectivity index (χ4n) is 6.21. The van der Waals surface area contributed by atoms with E-state index in [2.05, 4.69) is 34.0 Å². The molecular formula is C26H38BrN3O7. The Morgan fingerprint density at radius 3 is 2.68 bits per heavy atom. The first kappa shape index (κ1) is 28.2. The third kappa shape index (κ3) is 5.38. The lowest BCUT2D eigenvalue weighted by Crippen LogP contribution is -2.57. The predicted octanol–water partition coefficient (Wildman–Crippen LogP) is 0.583. The second-order valence-electron chi connectivity index (χ2n) is 10.0. The third-order valence-corrected chi connectivity index (χ3v) is 8.71. The standard InChI is InChI=1S/C26H38BrN3O7/c1-3-5-14-36-25(34)19-20-23(32)30(8-6-13-31)22(26(20)17-18(27)21(19)37-26)24(33)29(7-4-2)10-9-28-11-15-35-16-12-28/h3-4,18-22,31H,1-2,5-17H2/t18?,19-,20+,21-,22?,26?/m1/s1. The van der Waals surface area contributed by atoms with Gasteiger partial charge in [-0.3, -0.25) is 19.3 Å². The molecule has 37 heavy (non-hydrogen) atoms. The molecule has 2 amide bonds. The minimum atomic E-state index is -1.14. The van der Waals surface area contributed by atoms with Crippen LogP contribution in [0.4, 0.5) is 0 Å². The number of rotatable bonds is 13. The maximum absolute atomic E-state index is 14.2. The number of hydrogen-bond acceptors (Lipinski definition) is 8. The number of nitrogens with zero attached hydrogens (tertiary/aromatic N) is 3. The van der Waals surface area contributed by atoms with E-state index in [9.17, 15) is 19.5 Å². The van der Waals surface area contributed by atoms with Crippen LogP contribution in [0.5, 0.6) is 0 Å². The molecule has 0 aliphatic carbocycles. The Hall–Kier alpha value is -1.79. The van der Waals surface area contributed by atoms with E-state index < -0.39 is 35.6 Å². The highest BCUT2D eigenvalue weighted by Crippen LogP contribution is 2.60. The highest BCUT2D eigenvalue weighted by molar-refractivity contribution is 9.09. The summed E-state index contributed by atoms with van der Waals surface area (Å²) < 4.78 is 17.4. The fraction of sp³-hybridized carbons (Fsp3) is 0.731. The van der Waals surface area contributed by atoms with E-state index in [1.807, 2.05) is 0 Å². The van der Waals surface area contributed by atoms with Crippen molar-refractivity contribution in [1.82, 2.24) is 14.7 Å². The first-order chi connectivity index (χ1) is 17.9. The van der Waals surface area contributed by atoms with E-state index in [1.54, 1.807) is 17.1 Å². The molecule has 1 spiro atoms. The van der Waals surface area contributed by atoms with Gasteiger partial charge in [0.2, 0.25) is 11.8 Å². The molecule has 0 aromatic heterocycles. The molecule has 2 bridgehead atoms. The molecule has 0 aromatic rings. The Labute approximate surface area is 226 Å². The van der Waals surface area contributed by atoms with Crippen molar-refractivity contribution < 1.29 is 33.7 Å². The molecule has 4 fully saturated rings. The molecule has 206 valence electrons. The van der Waals surface area contributed by atoms with Gasteiger partial charge in [-0.25, -0.2) is 0 Å². The molecule has 4 rings (SSSR count). The first-order valence-corrected chi connectivity index (χ1v) is 14.0. The number of halogens is 1. The van der Waals surface area contributed by atoms with Crippen molar-refractivity contribution in [1.29, 1.82) is 0 Å². The van der Waals surface area contributed by atoms with Gasteiger partial charge in [0.05, 0.1) is 37.8 Å². The van der Waals surface area contributed by atoms with Crippen LogP contribution in [0.2, 0.25) is 0 Å². The molecule has 0 saturated carbocycles. The largest absolute Gasteiger partial charge is 0.465 e. The lowest BCUT2D eigenvalue weighted by Gasteiger charge is -2.37. The normalized spacial score (nSPS) is 32.9. The van der Waals surface area contributed by atoms with Crippen LogP contribution in [-0.2, 0) is 28.6 Å². The highest BCUT2D eigenvalue weighted by atomic mass is 79.9. The fourth-order valence-corrected chi connectivity index (χ4v) is 7.15. The molecule has 4 aliphatic rings. The monoisotopic (exact) mass is 583 g/mol. The molecule has 3 unspecified atom stereocenters. The summed E-state index contributed by atoms with van der Waals surface area (Å²) in [5.74, 6) is -2.60. The molecule has 0 aromatic carbocycles. The number of carbonyl (C=O) groups is 3. The molecular weight excluding hydrogens is 546 g/mol. The zero-order valence-corrected chi connectivity index (χ0v) is 22.9. The van der Waals surface area contributed by atoms with Crippen molar-refractivity contribution in [2.75, 3.05) is 65.7 Å². The number of likely N-dealkylation sites (tertiary alicyclic amines) is 1. The molecule has 4 aliphatic heterocycles. The number of morpholine rings is 1. The zero-order valence-electron chi connectivity index (χ0n) is 21.3. The van der Waals surface area contributed by atoms with E-state index in [0.717, 1.165) is 13.1 Å². The van der Waals surface area contributed by atoms with Gasteiger partial charge in [-0.2, -0.15) is 0 Å². The van der Waals surface area contributed by atoms with Crippen molar-refractivity contribution in [3.63, 3.8) is 0 Å². The molecule has 4 heterocycles. The number of esters is 1. The van der Waals surface area contributed by atoms with Gasteiger partial charge in [-0.05, 0) is 19.3 Å². The van der Waals surface area contributed by atoms with Crippen molar-refractivity contribution in [2.24, 2.45) is 11.8 Å². The summed E-state index contributed by atoms with van der Waals surface area (Å²) in [7, 11) is 0. The Morgan fingerprint density at radius 2 is 2.00 bits per heavy atom. The van der Waals surface area contributed by atoms with Crippen LogP contribution in [0.3, 0.4) is 0 Å². The lowest BCUT2D eigenvalue weighted by molar-refractivity contribution is -0.155. The molecule has 6 atom stereocenters. The number of fused-ring (bicyclic) bond motifs is 1. The summed E-state index contributed by atoms with van der Waals surface area (Å²) in [4.78, 5) is 46.5. The van der Waals surface area contributed by atoms with Gasteiger partial charge in [-0.15, -0.1) is 13.2 Å². The Bertz CT molecular complexity index is 882. The van der Waals surface area contributed by atoms with Crippen LogP contribution in [0.25, 0.3) is 0 Å². The second-order valence-corrected chi connectivity index (χ2v) is 11.2. The SMILES string of the molecule is C=CCCOC(=O)[C@H]1[C@@H]2OC3(CC2Br)C(C(=O)N(CC=C)CCN2CCOCC2)N(CCCO)C(=O)[C@H]13.